The highest BCUT2D eigenvalue weighted by molar-refractivity contribution is 5.51. The highest BCUT2D eigenvalue weighted by Crippen LogP contribution is 2.52. The fourth-order valence-corrected chi connectivity index (χ4v) is 1.75. The Morgan fingerprint density at radius 1 is 1.50 bits per heavy atom. The molecule has 1 aliphatic rings. The molecule has 0 N–H and O–H groups in total. The Balaban J connectivity index is 2.63. The van der Waals surface area contributed by atoms with Gasteiger partial charge in [0.1, 0.15) is 11.4 Å². The molecular formula is C10H7FN2O3. The maximum Gasteiger partial charge on any atom is 0.278 e. The van der Waals surface area contributed by atoms with E-state index >= 15 is 0 Å². The summed E-state index contributed by atoms with van der Waals surface area (Å²) in [7, 11) is 0. The predicted octanol–water partition coefficient (Wildman–Crippen LogP) is 2.06. The number of hydrogen-bond acceptors (Lipinski definition) is 4. The van der Waals surface area contributed by atoms with Gasteiger partial charge in [0, 0.05) is 6.07 Å². The first kappa shape index (κ1) is 10.4. The van der Waals surface area contributed by atoms with Gasteiger partial charge >= 0.3 is 0 Å². The Bertz CT molecular complexity index is 505. The van der Waals surface area contributed by atoms with Gasteiger partial charge in [-0.05, 0) is 18.9 Å². The maximum absolute atomic E-state index is 13.6. The Morgan fingerprint density at radius 3 is 2.69 bits per heavy atom. The van der Waals surface area contributed by atoms with Crippen molar-refractivity contribution < 1.29 is 14.1 Å². The Morgan fingerprint density at radius 2 is 2.19 bits per heavy atom. The van der Waals surface area contributed by atoms with Crippen molar-refractivity contribution in [3.63, 3.8) is 0 Å². The van der Waals surface area contributed by atoms with Crippen molar-refractivity contribution in [1.82, 2.24) is 0 Å². The van der Waals surface area contributed by atoms with Gasteiger partial charge in [-0.3, -0.25) is 10.1 Å². The molecule has 5 nitrogen and oxygen atoms in total. The summed E-state index contributed by atoms with van der Waals surface area (Å²) in [6.07, 6.45) is 2.22. The van der Waals surface area contributed by atoms with Gasteiger partial charge in [0.2, 0.25) is 6.08 Å². The first-order valence-electron chi connectivity index (χ1n) is 4.63. The van der Waals surface area contributed by atoms with Gasteiger partial charge in [0.25, 0.3) is 5.69 Å². The van der Waals surface area contributed by atoms with Crippen molar-refractivity contribution >= 4 is 11.8 Å². The number of nitro groups is 1. The lowest BCUT2D eigenvalue weighted by molar-refractivity contribution is -0.386. The van der Waals surface area contributed by atoms with Crippen molar-refractivity contribution in [1.29, 1.82) is 0 Å². The minimum Gasteiger partial charge on any atom is -0.258 e. The van der Waals surface area contributed by atoms with Crippen LogP contribution in [0.15, 0.2) is 23.2 Å². The molecule has 82 valence electrons. The third-order valence-corrected chi connectivity index (χ3v) is 2.64. The summed E-state index contributed by atoms with van der Waals surface area (Å²) < 4.78 is 13.6. The first-order valence-corrected chi connectivity index (χ1v) is 4.63. The van der Waals surface area contributed by atoms with Gasteiger partial charge in [0.15, 0.2) is 0 Å². The lowest BCUT2D eigenvalue weighted by Crippen LogP contribution is -2.09. The van der Waals surface area contributed by atoms with E-state index in [1.807, 2.05) is 0 Å². The average molecular weight is 222 g/mol. The van der Waals surface area contributed by atoms with E-state index in [0.29, 0.717) is 12.8 Å². The van der Waals surface area contributed by atoms with Crippen LogP contribution >= 0.6 is 0 Å². The molecule has 16 heavy (non-hydrogen) atoms. The van der Waals surface area contributed by atoms with Crippen molar-refractivity contribution in [2.24, 2.45) is 4.99 Å². The Hall–Kier alpha value is -2.07. The van der Waals surface area contributed by atoms with Gasteiger partial charge < -0.3 is 0 Å². The monoisotopic (exact) mass is 222 g/mol. The third kappa shape index (κ3) is 1.49. The largest absolute Gasteiger partial charge is 0.278 e. The van der Waals surface area contributed by atoms with E-state index in [2.05, 4.69) is 4.99 Å². The first-order chi connectivity index (χ1) is 7.60. The molecule has 0 saturated heterocycles. The second-order valence-electron chi connectivity index (χ2n) is 3.63. The molecule has 2 rings (SSSR count). The topological polar surface area (TPSA) is 72.6 Å². The summed E-state index contributed by atoms with van der Waals surface area (Å²) in [5, 5.41) is 10.8. The third-order valence-electron chi connectivity index (χ3n) is 2.64. The predicted molar refractivity (Wildman–Crippen MR) is 52.1 cm³/mol. The number of halogens is 1. The van der Waals surface area contributed by atoms with Crippen LogP contribution in [0.25, 0.3) is 0 Å². The minimum atomic E-state index is -1.06. The summed E-state index contributed by atoms with van der Waals surface area (Å²) in [4.78, 5) is 23.8. The summed E-state index contributed by atoms with van der Waals surface area (Å²) >= 11 is 0. The van der Waals surface area contributed by atoms with E-state index in [1.54, 1.807) is 0 Å². The van der Waals surface area contributed by atoms with Crippen molar-refractivity contribution in [3.05, 3.63) is 39.7 Å². The summed E-state index contributed by atoms with van der Waals surface area (Å²) in [5.41, 5.74) is -1.50. The number of aliphatic imine (C=N–C) groups is 1. The van der Waals surface area contributed by atoms with Gasteiger partial charge in [-0.1, -0.05) is 6.07 Å². The van der Waals surface area contributed by atoms with Crippen molar-refractivity contribution in [2.45, 2.75) is 18.4 Å². The van der Waals surface area contributed by atoms with Crippen LogP contribution in [0.2, 0.25) is 0 Å². The molecule has 0 bridgehead atoms. The van der Waals surface area contributed by atoms with Crippen molar-refractivity contribution in [2.75, 3.05) is 0 Å². The van der Waals surface area contributed by atoms with Crippen LogP contribution in [0.3, 0.4) is 0 Å². The second-order valence-corrected chi connectivity index (χ2v) is 3.63. The fourth-order valence-electron chi connectivity index (χ4n) is 1.75. The summed E-state index contributed by atoms with van der Waals surface area (Å²) in [6, 6.07) is 3.60. The molecule has 0 aliphatic heterocycles. The average Bonchev–Trinajstić information content (AvgIpc) is 2.98. The number of nitro benzene ring substituents is 1. The lowest BCUT2D eigenvalue weighted by atomic mass is 10.0. The molecule has 0 amide bonds. The van der Waals surface area contributed by atoms with Crippen LogP contribution in [-0.4, -0.2) is 11.0 Å². The van der Waals surface area contributed by atoms with Crippen LogP contribution < -0.4 is 0 Å². The van der Waals surface area contributed by atoms with Crippen LogP contribution in [0.4, 0.5) is 10.1 Å². The van der Waals surface area contributed by atoms with Gasteiger partial charge in [-0.15, -0.1) is 0 Å². The zero-order valence-electron chi connectivity index (χ0n) is 8.14. The molecule has 0 spiro atoms. The van der Waals surface area contributed by atoms with Crippen molar-refractivity contribution in [3.8, 4) is 0 Å². The van der Waals surface area contributed by atoms with E-state index in [-0.39, 0.29) is 11.3 Å². The highest BCUT2D eigenvalue weighted by Gasteiger charge is 2.50. The molecule has 0 aromatic heterocycles. The number of nitrogens with zero attached hydrogens (tertiary/aromatic N) is 2. The molecule has 1 fully saturated rings. The second kappa shape index (κ2) is 3.50. The molecule has 1 aliphatic carbocycles. The maximum atomic E-state index is 13.6. The molecular weight excluding hydrogens is 215 g/mol. The van der Waals surface area contributed by atoms with Gasteiger partial charge in [-0.2, -0.15) is 4.99 Å². The summed E-state index contributed by atoms with van der Waals surface area (Å²) in [6.45, 7) is 0. The standard InChI is InChI=1S/C10H7FN2O3/c11-7-2-1-3-8(13(15)16)9(7)10(4-5-10)12-6-14/h1-3H,4-5H2. The zero-order valence-corrected chi connectivity index (χ0v) is 8.14. The smallest absolute Gasteiger partial charge is 0.258 e. The number of isocyanates is 1. The lowest BCUT2D eigenvalue weighted by Gasteiger charge is -2.09. The van der Waals surface area contributed by atoms with Gasteiger partial charge in [-0.25, -0.2) is 9.18 Å². The van der Waals surface area contributed by atoms with E-state index in [0.717, 1.165) is 6.07 Å². The quantitative estimate of drug-likeness (QED) is 0.340. The SMILES string of the molecule is O=C=NC1(c2c(F)cccc2[N+](=O)[O-])CC1. The number of carbonyl (C=O) groups excluding carboxylic acids is 1. The van der Waals surface area contributed by atoms with Crippen LogP contribution in [-0.2, 0) is 10.3 Å². The molecule has 1 aromatic rings. The highest BCUT2D eigenvalue weighted by atomic mass is 19.1. The van der Waals surface area contributed by atoms with E-state index in [4.69, 9.17) is 0 Å². The van der Waals surface area contributed by atoms with Crippen LogP contribution in [0.5, 0.6) is 0 Å². The molecule has 0 radical (unpaired) electrons. The zero-order chi connectivity index (χ0) is 11.8. The van der Waals surface area contributed by atoms with Gasteiger partial charge in [0.05, 0.1) is 10.5 Å². The molecule has 6 heteroatoms. The Kier molecular flexibility index (Phi) is 2.29. The normalized spacial score (nSPS) is 16.3. The molecule has 0 heterocycles. The van der Waals surface area contributed by atoms with Crippen LogP contribution in [0, 0.1) is 15.9 Å². The number of rotatable bonds is 3. The molecule has 1 aromatic carbocycles. The minimum absolute atomic E-state index is 0.108. The molecule has 0 unspecified atom stereocenters. The van der Waals surface area contributed by atoms with E-state index in [1.165, 1.54) is 18.2 Å². The molecule has 1 saturated carbocycles. The van der Waals surface area contributed by atoms with Crippen LogP contribution in [0.1, 0.15) is 18.4 Å². The van der Waals surface area contributed by atoms with E-state index in [9.17, 15) is 19.3 Å². The summed E-state index contributed by atoms with van der Waals surface area (Å²) in [5.74, 6) is -0.703. The van der Waals surface area contributed by atoms with E-state index < -0.39 is 16.3 Å². The fraction of sp³-hybridized carbons (Fsp3) is 0.300. The number of benzene rings is 1. The number of hydrogen-bond donors (Lipinski definition) is 0. The Labute approximate surface area is 89.8 Å². The molecule has 0 atom stereocenters.